The van der Waals surface area contributed by atoms with E-state index in [0.717, 1.165) is 5.92 Å². The molecule has 90 valence electrons. The molecule has 1 heteroatoms. The zero-order chi connectivity index (χ0) is 11.9. The van der Waals surface area contributed by atoms with Crippen LogP contribution in [0.3, 0.4) is 0 Å². The van der Waals surface area contributed by atoms with Crippen molar-refractivity contribution in [3.05, 3.63) is 59.7 Å². The Balaban J connectivity index is 1.81. The van der Waals surface area contributed by atoms with Crippen LogP contribution in [0.5, 0.6) is 0 Å². The van der Waals surface area contributed by atoms with Crippen molar-refractivity contribution in [2.24, 2.45) is 0 Å². The van der Waals surface area contributed by atoms with Crippen LogP contribution in [0.1, 0.15) is 35.9 Å². The molecule has 1 unspecified atom stereocenters. The molecule has 0 amide bonds. The summed E-state index contributed by atoms with van der Waals surface area (Å²) in [7, 11) is 0. The minimum Gasteiger partial charge on any atom is -0.310 e. The van der Waals surface area contributed by atoms with Crippen LogP contribution in [0.25, 0.3) is 11.1 Å². The van der Waals surface area contributed by atoms with Crippen molar-refractivity contribution in [2.75, 3.05) is 6.54 Å². The average Bonchev–Trinajstić information content (AvgIpc) is 2.71. The molecule has 2 aromatic carbocycles. The fourth-order valence-corrected chi connectivity index (χ4v) is 3.50. The van der Waals surface area contributed by atoms with Gasteiger partial charge in [-0.1, -0.05) is 42.5 Å². The zero-order valence-corrected chi connectivity index (χ0v) is 10.4. The number of benzene rings is 2. The van der Waals surface area contributed by atoms with E-state index in [1.807, 2.05) is 0 Å². The first-order valence-electron chi connectivity index (χ1n) is 6.84. The fourth-order valence-electron chi connectivity index (χ4n) is 3.50. The van der Waals surface area contributed by atoms with Crippen LogP contribution < -0.4 is 5.32 Å². The van der Waals surface area contributed by atoms with Crippen molar-refractivity contribution in [3.63, 3.8) is 0 Å². The van der Waals surface area contributed by atoms with Crippen molar-refractivity contribution in [1.82, 2.24) is 5.32 Å². The van der Waals surface area contributed by atoms with E-state index in [1.54, 1.807) is 11.1 Å². The van der Waals surface area contributed by atoms with Crippen molar-refractivity contribution >= 4 is 0 Å². The summed E-state index contributed by atoms with van der Waals surface area (Å²) in [6.07, 6.45) is 2.60. The maximum absolute atomic E-state index is 3.65. The lowest BCUT2D eigenvalue weighted by Crippen LogP contribution is -2.25. The topological polar surface area (TPSA) is 12.0 Å². The SMILES string of the molecule is c1ccc(-c2ccc3c(c2)[C@H]2CC3CCN2)cc1. The predicted octanol–water partition coefficient (Wildman–Crippen LogP) is 3.88. The summed E-state index contributed by atoms with van der Waals surface area (Å²) >= 11 is 0. The first-order valence-corrected chi connectivity index (χ1v) is 6.84. The van der Waals surface area contributed by atoms with Gasteiger partial charge >= 0.3 is 0 Å². The summed E-state index contributed by atoms with van der Waals surface area (Å²) in [5.41, 5.74) is 5.80. The van der Waals surface area contributed by atoms with E-state index in [4.69, 9.17) is 0 Å². The smallest absolute Gasteiger partial charge is 0.0329 e. The molecule has 18 heavy (non-hydrogen) atoms. The molecule has 2 bridgehead atoms. The van der Waals surface area contributed by atoms with Gasteiger partial charge in [-0.15, -0.1) is 0 Å². The van der Waals surface area contributed by atoms with Gasteiger partial charge in [-0.05, 0) is 53.6 Å². The Morgan fingerprint density at radius 3 is 2.67 bits per heavy atom. The first kappa shape index (κ1) is 10.3. The van der Waals surface area contributed by atoms with E-state index in [2.05, 4.69) is 53.8 Å². The third kappa shape index (κ3) is 1.51. The highest BCUT2D eigenvalue weighted by Gasteiger charge is 2.33. The molecule has 2 aliphatic rings. The average molecular weight is 235 g/mol. The molecule has 1 nitrogen and oxygen atoms in total. The number of nitrogens with one attached hydrogen (secondary N) is 1. The van der Waals surface area contributed by atoms with Crippen LogP contribution in [0, 0.1) is 0 Å². The van der Waals surface area contributed by atoms with Crippen molar-refractivity contribution in [2.45, 2.75) is 24.8 Å². The van der Waals surface area contributed by atoms with Crippen LogP contribution in [0.4, 0.5) is 0 Å². The van der Waals surface area contributed by atoms with E-state index in [0.29, 0.717) is 6.04 Å². The third-order valence-corrected chi connectivity index (χ3v) is 4.41. The first-order chi connectivity index (χ1) is 8.92. The Bertz CT molecular complexity index is 573. The number of piperidine rings is 1. The van der Waals surface area contributed by atoms with Crippen LogP contribution in [0.15, 0.2) is 48.5 Å². The molecular formula is C17H17N. The van der Waals surface area contributed by atoms with Crippen LogP contribution >= 0.6 is 0 Å². The molecule has 2 aromatic rings. The second-order valence-electron chi connectivity index (χ2n) is 5.44. The van der Waals surface area contributed by atoms with Gasteiger partial charge in [-0.3, -0.25) is 0 Å². The molecule has 4 rings (SSSR count). The molecule has 1 N–H and O–H groups in total. The van der Waals surface area contributed by atoms with Crippen molar-refractivity contribution in [3.8, 4) is 11.1 Å². The molecule has 0 spiro atoms. The molecule has 2 atom stereocenters. The third-order valence-electron chi connectivity index (χ3n) is 4.41. The molecule has 1 aliphatic carbocycles. The zero-order valence-electron chi connectivity index (χ0n) is 10.4. The highest BCUT2D eigenvalue weighted by molar-refractivity contribution is 5.66. The van der Waals surface area contributed by atoms with E-state index in [9.17, 15) is 0 Å². The minimum atomic E-state index is 0.599. The lowest BCUT2D eigenvalue weighted by atomic mass is 9.95. The normalized spacial score (nSPS) is 24.9. The summed E-state index contributed by atoms with van der Waals surface area (Å²) < 4.78 is 0. The lowest BCUT2D eigenvalue weighted by Gasteiger charge is -2.20. The van der Waals surface area contributed by atoms with Gasteiger partial charge in [0.2, 0.25) is 0 Å². The summed E-state index contributed by atoms with van der Waals surface area (Å²) in [5, 5.41) is 3.65. The Hall–Kier alpha value is -1.60. The van der Waals surface area contributed by atoms with Gasteiger partial charge in [0.25, 0.3) is 0 Å². The fraction of sp³-hybridized carbons (Fsp3) is 0.294. The molecular weight excluding hydrogens is 218 g/mol. The Morgan fingerprint density at radius 2 is 1.78 bits per heavy atom. The standard InChI is InChI=1S/C17H17N/c1-2-4-12(5-3-1)13-6-7-15-14-8-9-18-17(11-14)16(15)10-13/h1-7,10,14,17-18H,8-9,11H2/t14?,17-/m1/s1. The molecule has 0 saturated carbocycles. The summed E-state index contributed by atoms with van der Waals surface area (Å²) in [5.74, 6) is 0.802. The number of hydrogen-bond donors (Lipinski definition) is 1. The largest absolute Gasteiger partial charge is 0.310 e. The van der Waals surface area contributed by atoms with Crippen LogP contribution in [-0.2, 0) is 0 Å². The molecule has 0 aromatic heterocycles. The number of rotatable bonds is 1. The van der Waals surface area contributed by atoms with Crippen LogP contribution in [-0.4, -0.2) is 6.54 Å². The van der Waals surface area contributed by atoms with Crippen LogP contribution in [0.2, 0.25) is 0 Å². The van der Waals surface area contributed by atoms with Gasteiger partial charge in [0.15, 0.2) is 0 Å². The van der Waals surface area contributed by atoms with E-state index >= 15 is 0 Å². The minimum absolute atomic E-state index is 0.599. The molecule has 0 radical (unpaired) electrons. The number of fused-ring (bicyclic) bond motifs is 5. The maximum atomic E-state index is 3.65. The second kappa shape index (κ2) is 3.96. The molecule has 1 saturated heterocycles. The number of hydrogen-bond acceptors (Lipinski definition) is 1. The Kier molecular flexibility index (Phi) is 2.27. The molecule has 1 aliphatic heterocycles. The summed E-state index contributed by atoms with van der Waals surface area (Å²) in [6, 6.07) is 18.3. The van der Waals surface area contributed by atoms with Crippen molar-refractivity contribution < 1.29 is 0 Å². The van der Waals surface area contributed by atoms with Gasteiger partial charge in [-0.2, -0.15) is 0 Å². The summed E-state index contributed by atoms with van der Waals surface area (Å²) in [6.45, 7) is 1.17. The highest BCUT2D eigenvalue weighted by atomic mass is 14.9. The lowest BCUT2D eigenvalue weighted by molar-refractivity contribution is 0.410. The van der Waals surface area contributed by atoms with Gasteiger partial charge in [0.05, 0.1) is 0 Å². The Morgan fingerprint density at radius 1 is 0.889 bits per heavy atom. The van der Waals surface area contributed by atoms with Crippen molar-refractivity contribution in [1.29, 1.82) is 0 Å². The quantitative estimate of drug-likeness (QED) is 0.791. The highest BCUT2D eigenvalue weighted by Crippen LogP contribution is 2.45. The maximum Gasteiger partial charge on any atom is 0.0329 e. The Labute approximate surface area is 108 Å². The molecule has 1 heterocycles. The van der Waals surface area contributed by atoms with E-state index < -0.39 is 0 Å². The van der Waals surface area contributed by atoms with E-state index in [-0.39, 0.29) is 0 Å². The monoisotopic (exact) mass is 235 g/mol. The van der Waals surface area contributed by atoms with Gasteiger partial charge in [-0.25, -0.2) is 0 Å². The molecule has 1 fully saturated rings. The van der Waals surface area contributed by atoms with Gasteiger partial charge < -0.3 is 5.32 Å². The predicted molar refractivity (Wildman–Crippen MR) is 74.6 cm³/mol. The second-order valence-corrected chi connectivity index (χ2v) is 5.44. The van der Waals surface area contributed by atoms with E-state index in [1.165, 1.54) is 30.5 Å². The van der Waals surface area contributed by atoms with Gasteiger partial charge in [0.1, 0.15) is 0 Å². The summed E-state index contributed by atoms with van der Waals surface area (Å²) in [4.78, 5) is 0. The van der Waals surface area contributed by atoms with Gasteiger partial charge in [0, 0.05) is 6.04 Å².